The maximum atomic E-state index is 13.2. The number of aryl methyl sites for hydroxylation is 1. The van der Waals surface area contributed by atoms with Gasteiger partial charge < -0.3 is 5.11 Å². The molecule has 0 amide bonds. The van der Waals surface area contributed by atoms with Gasteiger partial charge in [0.2, 0.25) is 10.0 Å². The number of nitrogens with one attached hydrogen (secondary N) is 2. The number of allylic oxidation sites excluding steroid dienone is 1. The Bertz CT molecular complexity index is 1500. The largest absolute Gasteiger partial charge is 0.505 e. The van der Waals surface area contributed by atoms with Gasteiger partial charge in [-0.2, -0.15) is 5.10 Å². The lowest BCUT2D eigenvalue weighted by molar-refractivity contribution is 0.449. The van der Waals surface area contributed by atoms with Crippen molar-refractivity contribution < 1.29 is 21.9 Å². The molecule has 1 fully saturated rings. The van der Waals surface area contributed by atoms with Crippen LogP contribution in [0.2, 0.25) is 0 Å². The number of rotatable bonds is 7. The second kappa shape index (κ2) is 8.55. The van der Waals surface area contributed by atoms with Crippen molar-refractivity contribution in [3.8, 4) is 5.75 Å². The first-order valence-corrected chi connectivity index (χ1v) is 13.9. The minimum absolute atomic E-state index is 0.00305. The standard InChI is InChI=1S/C21H25N5O6S2/c1-12(2)10-16-19(27)18(21(28)26(23-16)9-8-13-4-5-13)20-22-15-7-6-14(24-33(3,29)30)11-17(15)34(31,32)25-20/h6-7,10-11,13,24,27H,4-5,8-9H2,1-3H3,(H,22,25). The number of sulfonamides is 2. The molecule has 2 aliphatic rings. The predicted molar refractivity (Wildman–Crippen MR) is 128 cm³/mol. The number of hydrogen-bond acceptors (Lipinski definition) is 8. The summed E-state index contributed by atoms with van der Waals surface area (Å²) in [4.78, 5) is 17.2. The summed E-state index contributed by atoms with van der Waals surface area (Å²) in [6.07, 6.45) is 5.49. The molecule has 0 spiro atoms. The molecular weight excluding hydrogens is 482 g/mol. The van der Waals surface area contributed by atoms with Gasteiger partial charge in [-0.25, -0.2) is 26.5 Å². The Morgan fingerprint density at radius 2 is 2.03 bits per heavy atom. The van der Waals surface area contributed by atoms with E-state index in [2.05, 4.69) is 19.5 Å². The van der Waals surface area contributed by atoms with Gasteiger partial charge in [-0.1, -0.05) is 18.4 Å². The summed E-state index contributed by atoms with van der Waals surface area (Å²) in [5.41, 5.74) is 0.0338. The highest BCUT2D eigenvalue weighted by Crippen LogP contribution is 2.34. The maximum absolute atomic E-state index is 13.2. The van der Waals surface area contributed by atoms with Crippen molar-refractivity contribution in [1.82, 2.24) is 14.5 Å². The average Bonchev–Trinajstić information content (AvgIpc) is 3.52. The Hall–Kier alpha value is -3.19. The van der Waals surface area contributed by atoms with Crippen molar-refractivity contribution in [2.45, 2.75) is 44.6 Å². The smallest absolute Gasteiger partial charge is 0.281 e. The van der Waals surface area contributed by atoms with Crippen molar-refractivity contribution in [2.24, 2.45) is 10.9 Å². The third-order valence-electron chi connectivity index (χ3n) is 5.28. The van der Waals surface area contributed by atoms with Gasteiger partial charge in [-0.15, -0.1) is 0 Å². The lowest BCUT2D eigenvalue weighted by Gasteiger charge is -2.20. The van der Waals surface area contributed by atoms with Crippen molar-refractivity contribution in [3.05, 3.63) is 45.4 Å². The lowest BCUT2D eigenvalue weighted by Crippen LogP contribution is -2.40. The van der Waals surface area contributed by atoms with Crippen LogP contribution in [0.4, 0.5) is 11.4 Å². The molecule has 0 radical (unpaired) electrons. The summed E-state index contributed by atoms with van der Waals surface area (Å²) in [6, 6.07) is 3.81. The van der Waals surface area contributed by atoms with E-state index in [1.807, 2.05) is 0 Å². The molecule has 1 saturated carbocycles. The highest BCUT2D eigenvalue weighted by molar-refractivity contribution is 7.92. The number of aromatic nitrogens is 2. The molecular formula is C21H25N5O6S2. The summed E-state index contributed by atoms with van der Waals surface area (Å²) in [7, 11) is -7.85. The number of aromatic hydroxyl groups is 1. The van der Waals surface area contributed by atoms with E-state index in [1.54, 1.807) is 19.9 Å². The molecule has 0 saturated heterocycles. The van der Waals surface area contributed by atoms with Crippen LogP contribution < -0.4 is 15.0 Å². The normalized spacial score (nSPS) is 16.7. The Balaban J connectivity index is 1.86. The molecule has 0 bridgehead atoms. The van der Waals surface area contributed by atoms with Gasteiger partial charge in [0.1, 0.15) is 16.2 Å². The number of aliphatic imine (C=N–C) groups is 1. The number of anilines is 1. The molecule has 2 heterocycles. The fourth-order valence-electron chi connectivity index (χ4n) is 3.56. The van der Waals surface area contributed by atoms with E-state index in [0.29, 0.717) is 12.5 Å². The summed E-state index contributed by atoms with van der Waals surface area (Å²) >= 11 is 0. The number of benzene rings is 1. The molecule has 4 rings (SSSR count). The number of hydrogen-bond donors (Lipinski definition) is 3. The van der Waals surface area contributed by atoms with Crippen LogP contribution in [-0.4, -0.2) is 43.8 Å². The molecule has 3 N–H and O–H groups in total. The van der Waals surface area contributed by atoms with E-state index in [0.717, 1.165) is 37.2 Å². The average molecular weight is 508 g/mol. The molecule has 13 heteroatoms. The van der Waals surface area contributed by atoms with E-state index in [9.17, 15) is 26.7 Å². The Morgan fingerprint density at radius 1 is 1.32 bits per heavy atom. The predicted octanol–water partition coefficient (Wildman–Crippen LogP) is 1.91. The van der Waals surface area contributed by atoms with Gasteiger partial charge >= 0.3 is 0 Å². The Labute approximate surface area is 197 Å². The van der Waals surface area contributed by atoms with Gasteiger partial charge in [0, 0.05) is 12.2 Å². The summed E-state index contributed by atoms with van der Waals surface area (Å²) in [5, 5.41) is 15.1. The van der Waals surface area contributed by atoms with Crippen LogP contribution in [0.15, 0.2) is 38.5 Å². The SMILES string of the molecule is CC(C)=Cc1nn(CCC2CC2)c(=O)c(C2=Nc3ccc(NS(C)(=O)=O)cc3S(=O)(=O)N2)c1O. The summed E-state index contributed by atoms with van der Waals surface area (Å²) < 4.78 is 54.7. The molecule has 182 valence electrons. The van der Waals surface area contributed by atoms with E-state index in [1.165, 1.54) is 16.8 Å². The lowest BCUT2D eigenvalue weighted by atomic mass is 10.1. The molecule has 1 aliphatic carbocycles. The zero-order chi connectivity index (χ0) is 24.8. The van der Waals surface area contributed by atoms with E-state index in [-0.39, 0.29) is 33.4 Å². The maximum Gasteiger partial charge on any atom is 0.281 e. The molecule has 1 aliphatic heterocycles. The third kappa shape index (κ3) is 5.14. The van der Waals surface area contributed by atoms with Gasteiger partial charge in [0.15, 0.2) is 11.6 Å². The zero-order valence-corrected chi connectivity index (χ0v) is 20.5. The Kier molecular flexibility index (Phi) is 6.02. The van der Waals surface area contributed by atoms with Crippen molar-refractivity contribution in [3.63, 3.8) is 0 Å². The van der Waals surface area contributed by atoms with Crippen LogP contribution in [-0.2, 0) is 26.6 Å². The van der Waals surface area contributed by atoms with E-state index < -0.39 is 31.4 Å². The van der Waals surface area contributed by atoms with Crippen LogP contribution in [0.1, 0.15) is 44.4 Å². The quantitative estimate of drug-likeness (QED) is 0.516. The Morgan fingerprint density at radius 3 is 2.65 bits per heavy atom. The van der Waals surface area contributed by atoms with Crippen molar-refractivity contribution in [1.29, 1.82) is 0 Å². The van der Waals surface area contributed by atoms with E-state index in [4.69, 9.17) is 0 Å². The van der Waals surface area contributed by atoms with Crippen molar-refractivity contribution in [2.75, 3.05) is 11.0 Å². The van der Waals surface area contributed by atoms with Gasteiger partial charge in [-0.05, 0) is 50.5 Å². The first kappa shape index (κ1) is 24.0. The second-order valence-electron chi connectivity index (χ2n) is 8.71. The third-order valence-corrected chi connectivity index (χ3v) is 7.25. The number of amidine groups is 1. The first-order chi connectivity index (χ1) is 15.8. The van der Waals surface area contributed by atoms with Crippen LogP contribution in [0.25, 0.3) is 6.08 Å². The van der Waals surface area contributed by atoms with Crippen LogP contribution in [0, 0.1) is 5.92 Å². The van der Waals surface area contributed by atoms with Crippen LogP contribution in [0.5, 0.6) is 5.75 Å². The highest BCUT2D eigenvalue weighted by atomic mass is 32.2. The monoisotopic (exact) mass is 507 g/mol. The van der Waals surface area contributed by atoms with Crippen LogP contribution in [0.3, 0.4) is 0 Å². The number of nitrogens with zero attached hydrogens (tertiary/aromatic N) is 3. The van der Waals surface area contributed by atoms with Gasteiger partial charge in [0.05, 0.1) is 11.9 Å². The fourth-order valence-corrected chi connectivity index (χ4v) is 5.30. The second-order valence-corrected chi connectivity index (χ2v) is 12.1. The molecule has 0 atom stereocenters. The first-order valence-electron chi connectivity index (χ1n) is 10.6. The molecule has 34 heavy (non-hydrogen) atoms. The van der Waals surface area contributed by atoms with Gasteiger partial charge in [-0.3, -0.25) is 14.2 Å². The molecule has 2 aromatic rings. The summed E-state index contributed by atoms with van der Waals surface area (Å²) in [5.74, 6) is -0.274. The zero-order valence-electron chi connectivity index (χ0n) is 18.9. The van der Waals surface area contributed by atoms with E-state index >= 15 is 0 Å². The van der Waals surface area contributed by atoms with Crippen molar-refractivity contribution >= 4 is 43.3 Å². The molecule has 0 unspecified atom stereocenters. The topological polar surface area (TPSA) is 160 Å². The molecule has 1 aromatic carbocycles. The minimum atomic E-state index is -4.23. The minimum Gasteiger partial charge on any atom is -0.505 e. The van der Waals surface area contributed by atoms with Crippen LogP contribution >= 0.6 is 0 Å². The highest BCUT2D eigenvalue weighted by Gasteiger charge is 2.31. The number of fused-ring (bicyclic) bond motifs is 1. The summed E-state index contributed by atoms with van der Waals surface area (Å²) in [6.45, 7) is 3.94. The molecule has 11 nitrogen and oxygen atoms in total. The van der Waals surface area contributed by atoms with Gasteiger partial charge in [0.25, 0.3) is 15.6 Å². The molecule has 1 aromatic heterocycles. The fraction of sp³-hybridized carbons (Fsp3) is 0.381.